The summed E-state index contributed by atoms with van der Waals surface area (Å²) in [7, 11) is -3.96. The summed E-state index contributed by atoms with van der Waals surface area (Å²) >= 11 is 12.3. The first kappa shape index (κ1) is 19.1. The van der Waals surface area contributed by atoms with Crippen molar-refractivity contribution in [1.82, 2.24) is 0 Å². The van der Waals surface area contributed by atoms with Gasteiger partial charge in [-0.25, -0.2) is 8.42 Å². The number of alkyl halides is 3. The fourth-order valence-electron chi connectivity index (χ4n) is 3.20. The van der Waals surface area contributed by atoms with Gasteiger partial charge in [-0.05, 0) is 41.5 Å². The number of nitrogens with one attached hydrogen (secondary N) is 1. The first-order valence-electron chi connectivity index (χ1n) is 7.91. The van der Waals surface area contributed by atoms with Crippen molar-refractivity contribution in [2.75, 3.05) is 4.72 Å². The standard InChI is InChI=1S/C19H10Cl2F3NO2S/c20-12-8-14-17-13(10-3-1-4-11(7-10)19(22,23)24)5-2-6-16(17)28(26,27)25-18(14)15(21)9-12/h1-9,25H. The monoisotopic (exact) mass is 443 g/mol. The summed E-state index contributed by atoms with van der Waals surface area (Å²) in [5.74, 6) is 0. The van der Waals surface area contributed by atoms with Gasteiger partial charge in [0.25, 0.3) is 10.0 Å². The Morgan fingerprint density at radius 2 is 1.61 bits per heavy atom. The molecule has 144 valence electrons. The molecule has 0 bridgehead atoms. The average molecular weight is 444 g/mol. The predicted octanol–water partition coefficient (Wildman–Crippen LogP) is 6.46. The molecule has 1 heterocycles. The van der Waals surface area contributed by atoms with Crippen LogP contribution in [0.15, 0.2) is 59.5 Å². The van der Waals surface area contributed by atoms with Crippen molar-refractivity contribution in [2.45, 2.75) is 11.1 Å². The zero-order chi connectivity index (χ0) is 20.3. The molecule has 0 fully saturated rings. The molecule has 3 nitrogen and oxygen atoms in total. The molecule has 0 aliphatic carbocycles. The molecule has 3 aromatic carbocycles. The Morgan fingerprint density at radius 3 is 2.32 bits per heavy atom. The summed E-state index contributed by atoms with van der Waals surface area (Å²) in [4.78, 5) is -0.0618. The summed E-state index contributed by atoms with van der Waals surface area (Å²) < 4.78 is 67.3. The molecule has 28 heavy (non-hydrogen) atoms. The van der Waals surface area contributed by atoms with Crippen molar-refractivity contribution in [3.63, 3.8) is 0 Å². The van der Waals surface area contributed by atoms with Crippen LogP contribution >= 0.6 is 23.2 Å². The minimum atomic E-state index is -4.52. The number of rotatable bonds is 1. The number of anilines is 1. The lowest BCUT2D eigenvalue weighted by Gasteiger charge is -2.25. The van der Waals surface area contributed by atoms with Crippen LogP contribution < -0.4 is 4.72 Å². The highest BCUT2D eigenvalue weighted by atomic mass is 35.5. The van der Waals surface area contributed by atoms with Crippen LogP contribution in [0, 0.1) is 0 Å². The van der Waals surface area contributed by atoms with E-state index in [1.807, 2.05) is 0 Å². The largest absolute Gasteiger partial charge is 0.416 e. The molecule has 0 aromatic heterocycles. The minimum absolute atomic E-state index is 0.0618. The Bertz CT molecular complexity index is 1220. The molecule has 0 radical (unpaired) electrons. The highest BCUT2D eigenvalue weighted by Crippen LogP contribution is 2.48. The van der Waals surface area contributed by atoms with Crippen LogP contribution in [0.2, 0.25) is 10.0 Å². The Kier molecular flexibility index (Phi) is 4.37. The van der Waals surface area contributed by atoms with Gasteiger partial charge >= 0.3 is 6.18 Å². The Labute approximate surface area is 168 Å². The van der Waals surface area contributed by atoms with Gasteiger partial charge in [0.2, 0.25) is 0 Å². The molecule has 0 saturated heterocycles. The first-order chi connectivity index (χ1) is 13.1. The van der Waals surface area contributed by atoms with Gasteiger partial charge in [-0.3, -0.25) is 4.72 Å². The second-order valence-electron chi connectivity index (χ2n) is 6.17. The van der Waals surface area contributed by atoms with E-state index in [2.05, 4.69) is 4.72 Å². The molecule has 0 unspecified atom stereocenters. The normalized spacial score (nSPS) is 14.8. The van der Waals surface area contributed by atoms with E-state index in [1.165, 1.54) is 36.4 Å². The van der Waals surface area contributed by atoms with Crippen molar-refractivity contribution >= 4 is 38.9 Å². The zero-order valence-corrected chi connectivity index (χ0v) is 16.1. The molecule has 0 atom stereocenters. The highest BCUT2D eigenvalue weighted by molar-refractivity contribution is 7.93. The zero-order valence-electron chi connectivity index (χ0n) is 13.8. The number of halogens is 5. The molecule has 0 saturated carbocycles. The molecule has 0 spiro atoms. The van der Waals surface area contributed by atoms with E-state index in [-0.39, 0.29) is 31.8 Å². The lowest BCUT2D eigenvalue weighted by atomic mass is 9.92. The van der Waals surface area contributed by atoms with Gasteiger partial charge in [0, 0.05) is 16.1 Å². The van der Waals surface area contributed by atoms with E-state index < -0.39 is 21.8 Å². The number of benzene rings is 3. The van der Waals surface area contributed by atoms with Crippen LogP contribution in [0.4, 0.5) is 18.9 Å². The van der Waals surface area contributed by atoms with E-state index in [4.69, 9.17) is 23.2 Å². The van der Waals surface area contributed by atoms with E-state index in [0.29, 0.717) is 11.1 Å². The van der Waals surface area contributed by atoms with Gasteiger partial charge in [-0.15, -0.1) is 0 Å². The van der Waals surface area contributed by atoms with Crippen LogP contribution in [0.25, 0.3) is 22.3 Å². The van der Waals surface area contributed by atoms with Gasteiger partial charge < -0.3 is 0 Å². The molecule has 1 aliphatic heterocycles. The fraction of sp³-hybridized carbons (Fsp3) is 0.0526. The summed E-state index contributed by atoms with van der Waals surface area (Å²) in [6.07, 6.45) is -4.52. The van der Waals surface area contributed by atoms with Crippen LogP contribution in [-0.2, 0) is 16.2 Å². The lowest BCUT2D eigenvalue weighted by Crippen LogP contribution is -2.19. The van der Waals surface area contributed by atoms with E-state index in [9.17, 15) is 21.6 Å². The summed E-state index contributed by atoms with van der Waals surface area (Å²) in [6, 6.07) is 12.0. The van der Waals surface area contributed by atoms with Crippen LogP contribution in [0.3, 0.4) is 0 Å². The lowest BCUT2D eigenvalue weighted by molar-refractivity contribution is -0.137. The second kappa shape index (κ2) is 6.40. The molecule has 3 aromatic rings. The third-order valence-corrected chi connectivity index (χ3v) is 6.29. The van der Waals surface area contributed by atoms with Crippen LogP contribution in [-0.4, -0.2) is 8.42 Å². The van der Waals surface area contributed by atoms with Gasteiger partial charge in [-0.1, -0.05) is 47.5 Å². The van der Waals surface area contributed by atoms with Gasteiger partial charge in [0.05, 0.1) is 21.2 Å². The molecule has 4 rings (SSSR count). The average Bonchev–Trinajstić information content (AvgIpc) is 2.62. The quantitative estimate of drug-likeness (QED) is 0.468. The summed E-state index contributed by atoms with van der Waals surface area (Å²) in [5.41, 5.74) is 0.510. The maximum atomic E-state index is 13.1. The van der Waals surface area contributed by atoms with Crippen LogP contribution in [0.5, 0.6) is 0 Å². The SMILES string of the molecule is O=S1(=O)Nc2c(Cl)cc(Cl)cc2-c2c(-c3cccc(C(F)(F)F)c3)cccc21. The minimum Gasteiger partial charge on any atom is -0.277 e. The third-order valence-electron chi connectivity index (χ3n) is 4.38. The Hall–Kier alpha value is -2.22. The molecule has 1 N–H and O–H groups in total. The van der Waals surface area contributed by atoms with E-state index >= 15 is 0 Å². The number of hydrogen-bond donors (Lipinski definition) is 1. The van der Waals surface area contributed by atoms with Gasteiger partial charge in [0.15, 0.2) is 0 Å². The number of fused-ring (bicyclic) bond motifs is 3. The van der Waals surface area contributed by atoms with Gasteiger partial charge in [0.1, 0.15) is 0 Å². The number of sulfonamides is 1. The van der Waals surface area contributed by atoms with Crippen LogP contribution in [0.1, 0.15) is 5.56 Å². The van der Waals surface area contributed by atoms with E-state index in [1.54, 1.807) is 6.07 Å². The summed E-state index contributed by atoms with van der Waals surface area (Å²) in [5, 5.41) is 0.366. The van der Waals surface area contributed by atoms with E-state index in [0.717, 1.165) is 12.1 Å². The smallest absolute Gasteiger partial charge is 0.277 e. The second-order valence-corrected chi connectivity index (χ2v) is 8.67. The topological polar surface area (TPSA) is 46.2 Å². The maximum absolute atomic E-state index is 13.1. The van der Waals surface area contributed by atoms with Crippen molar-refractivity contribution in [3.8, 4) is 22.3 Å². The molecule has 9 heteroatoms. The van der Waals surface area contributed by atoms with Crippen molar-refractivity contribution in [2.24, 2.45) is 0 Å². The third kappa shape index (κ3) is 3.13. The predicted molar refractivity (Wildman–Crippen MR) is 103 cm³/mol. The van der Waals surface area contributed by atoms with Crippen molar-refractivity contribution in [3.05, 3.63) is 70.2 Å². The Morgan fingerprint density at radius 1 is 0.893 bits per heavy atom. The summed E-state index contributed by atoms with van der Waals surface area (Å²) in [6.45, 7) is 0. The fourth-order valence-corrected chi connectivity index (χ4v) is 5.14. The molecular weight excluding hydrogens is 434 g/mol. The molecule has 1 aliphatic rings. The molecule has 0 amide bonds. The van der Waals surface area contributed by atoms with Crippen molar-refractivity contribution in [1.29, 1.82) is 0 Å². The number of hydrogen-bond acceptors (Lipinski definition) is 2. The van der Waals surface area contributed by atoms with Gasteiger partial charge in [-0.2, -0.15) is 13.2 Å². The highest BCUT2D eigenvalue weighted by Gasteiger charge is 2.33. The Balaban J connectivity index is 2.07. The van der Waals surface area contributed by atoms with Crippen molar-refractivity contribution < 1.29 is 21.6 Å². The maximum Gasteiger partial charge on any atom is 0.416 e. The first-order valence-corrected chi connectivity index (χ1v) is 10.1. The molecular formula is C19H10Cl2F3NO2S.